The quantitative estimate of drug-likeness (QED) is 0.227. The highest BCUT2D eigenvalue weighted by molar-refractivity contribution is 6.30. The van der Waals surface area contributed by atoms with Crippen molar-refractivity contribution in [2.75, 3.05) is 0 Å². The SMILES string of the molecule is N#C/C(=C/c1cccc(OC(=O)c2ccc(Cl)cc2)c1)c1ccc(Cl)cc1. The van der Waals surface area contributed by atoms with E-state index in [0.717, 1.165) is 11.1 Å². The number of allylic oxidation sites excluding steroid dienone is 1. The van der Waals surface area contributed by atoms with Crippen LogP contribution in [0.1, 0.15) is 21.5 Å². The summed E-state index contributed by atoms with van der Waals surface area (Å²) in [6, 6.07) is 22.6. The maximum absolute atomic E-state index is 12.2. The molecule has 0 saturated heterocycles. The smallest absolute Gasteiger partial charge is 0.343 e. The van der Waals surface area contributed by atoms with E-state index in [0.29, 0.717) is 26.9 Å². The highest BCUT2D eigenvalue weighted by Crippen LogP contribution is 2.22. The van der Waals surface area contributed by atoms with E-state index in [2.05, 4.69) is 6.07 Å². The van der Waals surface area contributed by atoms with Crippen molar-refractivity contribution < 1.29 is 9.53 Å². The van der Waals surface area contributed by atoms with Crippen LogP contribution < -0.4 is 4.74 Å². The van der Waals surface area contributed by atoms with Crippen molar-refractivity contribution in [2.24, 2.45) is 0 Å². The topological polar surface area (TPSA) is 50.1 Å². The van der Waals surface area contributed by atoms with Gasteiger partial charge in [0.1, 0.15) is 5.75 Å². The summed E-state index contributed by atoms with van der Waals surface area (Å²) in [5.41, 5.74) is 2.38. The van der Waals surface area contributed by atoms with Crippen molar-refractivity contribution in [2.45, 2.75) is 0 Å². The van der Waals surface area contributed by atoms with E-state index in [1.807, 2.05) is 6.07 Å². The van der Waals surface area contributed by atoms with Gasteiger partial charge in [-0.05, 0) is 65.7 Å². The van der Waals surface area contributed by atoms with E-state index < -0.39 is 5.97 Å². The first kappa shape index (κ1) is 18.7. The van der Waals surface area contributed by atoms with Crippen LogP contribution in [-0.4, -0.2) is 5.97 Å². The molecule has 0 aromatic heterocycles. The van der Waals surface area contributed by atoms with Gasteiger partial charge in [-0.25, -0.2) is 4.79 Å². The van der Waals surface area contributed by atoms with E-state index in [1.54, 1.807) is 72.8 Å². The molecule has 3 nitrogen and oxygen atoms in total. The molecular weight excluding hydrogens is 381 g/mol. The average molecular weight is 394 g/mol. The van der Waals surface area contributed by atoms with Gasteiger partial charge in [0.25, 0.3) is 0 Å². The monoisotopic (exact) mass is 393 g/mol. The Bertz CT molecular complexity index is 1030. The summed E-state index contributed by atoms with van der Waals surface area (Å²) in [5, 5.41) is 10.6. The fourth-order valence-corrected chi connectivity index (χ4v) is 2.65. The number of nitrogens with zero attached hydrogens (tertiary/aromatic N) is 1. The molecule has 3 aromatic carbocycles. The van der Waals surface area contributed by atoms with Crippen LogP contribution in [0.15, 0.2) is 72.8 Å². The molecule has 5 heteroatoms. The summed E-state index contributed by atoms with van der Waals surface area (Å²) in [7, 11) is 0. The average Bonchev–Trinajstić information content (AvgIpc) is 2.68. The van der Waals surface area contributed by atoms with Crippen LogP contribution in [0.25, 0.3) is 11.6 Å². The Labute approximate surface area is 167 Å². The number of carbonyl (C=O) groups excluding carboxylic acids is 1. The number of benzene rings is 3. The van der Waals surface area contributed by atoms with Gasteiger partial charge < -0.3 is 4.74 Å². The predicted molar refractivity (Wildman–Crippen MR) is 108 cm³/mol. The van der Waals surface area contributed by atoms with Gasteiger partial charge in [-0.3, -0.25) is 0 Å². The van der Waals surface area contributed by atoms with Crippen molar-refractivity contribution in [3.8, 4) is 11.8 Å². The summed E-state index contributed by atoms with van der Waals surface area (Å²) >= 11 is 11.7. The van der Waals surface area contributed by atoms with Gasteiger partial charge in [-0.2, -0.15) is 5.26 Å². The van der Waals surface area contributed by atoms with E-state index in [4.69, 9.17) is 27.9 Å². The lowest BCUT2D eigenvalue weighted by Gasteiger charge is -2.06. The molecule has 0 saturated carbocycles. The van der Waals surface area contributed by atoms with Crippen LogP contribution in [0.2, 0.25) is 10.0 Å². The van der Waals surface area contributed by atoms with Crippen LogP contribution in [-0.2, 0) is 0 Å². The van der Waals surface area contributed by atoms with Gasteiger partial charge in [-0.1, -0.05) is 47.5 Å². The van der Waals surface area contributed by atoms with Gasteiger partial charge in [0, 0.05) is 10.0 Å². The van der Waals surface area contributed by atoms with Crippen molar-refractivity contribution in [1.82, 2.24) is 0 Å². The standard InChI is InChI=1S/C22H13Cl2NO2/c23-19-8-4-16(5-9-19)18(14-25)12-15-2-1-3-21(13-15)27-22(26)17-6-10-20(24)11-7-17/h1-13H/b18-12-. The Morgan fingerprint density at radius 2 is 1.48 bits per heavy atom. The molecule has 3 rings (SSSR count). The molecule has 0 fully saturated rings. The molecule has 0 radical (unpaired) electrons. The third kappa shape index (κ3) is 4.98. The second-order valence-electron chi connectivity index (χ2n) is 5.65. The molecule has 27 heavy (non-hydrogen) atoms. The second kappa shape index (κ2) is 8.55. The Hall–Kier alpha value is -3.06. The third-order valence-corrected chi connectivity index (χ3v) is 4.24. The number of hydrogen-bond donors (Lipinski definition) is 0. The Kier molecular flexibility index (Phi) is 5.93. The Morgan fingerprint density at radius 1 is 0.889 bits per heavy atom. The van der Waals surface area contributed by atoms with Crippen molar-refractivity contribution in [1.29, 1.82) is 5.26 Å². The van der Waals surface area contributed by atoms with Crippen LogP contribution in [0.4, 0.5) is 0 Å². The van der Waals surface area contributed by atoms with Crippen LogP contribution in [0.5, 0.6) is 5.75 Å². The molecule has 0 spiro atoms. The number of rotatable bonds is 4. The maximum Gasteiger partial charge on any atom is 0.343 e. The lowest BCUT2D eigenvalue weighted by atomic mass is 10.0. The fourth-order valence-electron chi connectivity index (χ4n) is 2.40. The number of halogens is 2. The molecule has 0 aliphatic carbocycles. The summed E-state index contributed by atoms with van der Waals surface area (Å²) < 4.78 is 5.41. The number of nitriles is 1. The first-order valence-corrected chi connectivity index (χ1v) is 8.76. The van der Waals surface area contributed by atoms with Crippen molar-refractivity contribution >= 4 is 40.8 Å². The molecule has 3 aromatic rings. The normalized spacial score (nSPS) is 10.9. The second-order valence-corrected chi connectivity index (χ2v) is 6.52. The number of carbonyl (C=O) groups is 1. The molecule has 0 atom stereocenters. The molecule has 132 valence electrons. The van der Waals surface area contributed by atoms with E-state index >= 15 is 0 Å². The van der Waals surface area contributed by atoms with Crippen LogP contribution in [0.3, 0.4) is 0 Å². The first-order valence-electron chi connectivity index (χ1n) is 8.01. The largest absolute Gasteiger partial charge is 0.423 e. The molecule has 0 N–H and O–H groups in total. The number of esters is 1. The Balaban J connectivity index is 1.82. The van der Waals surface area contributed by atoms with Gasteiger partial charge in [0.05, 0.1) is 17.2 Å². The van der Waals surface area contributed by atoms with Gasteiger partial charge in [0.2, 0.25) is 0 Å². The summed E-state index contributed by atoms with van der Waals surface area (Å²) in [5.74, 6) is -0.0944. The molecule has 0 heterocycles. The van der Waals surface area contributed by atoms with E-state index in [-0.39, 0.29) is 0 Å². The lowest BCUT2D eigenvalue weighted by molar-refractivity contribution is 0.0735. The molecule has 0 bridgehead atoms. The minimum absolute atomic E-state index is 0.386. The zero-order valence-electron chi connectivity index (χ0n) is 14.0. The van der Waals surface area contributed by atoms with Crippen LogP contribution >= 0.6 is 23.2 Å². The molecule has 0 unspecified atom stereocenters. The molecular formula is C22H13Cl2NO2. The zero-order chi connectivity index (χ0) is 19.2. The molecule has 0 aliphatic rings. The lowest BCUT2D eigenvalue weighted by Crippen LogP contribution is -2.08. The minimum atomic E-state index is -0.481. The number of hydrogen-bond acceptors (Lipinski definition) is 3. The zero-order valence-corrected chi connectivity index (χ0v) is 15.5. The minimum Gasteiger partial charge on any atom is -0.423 e. The highest BCUT2D eigenvalue weighted by atomic mass is 35.5. The molecule has 0 aliphatic heterocycles. The maximum atomic E-state index is 12.2. The van der Waals surface area contributed by atoms with Gasteiger partial charge >= 0.3 is 5.97 Å². The fraction of sp³-hybridized carbons (Fsp3) is 0. The first-order chi connectivity index (χ1) is 13.0. The summed E-state index contributed by atoms with van der Waals surface area (Å²) in [4.78, 5) is 12.2. The van der Waals surface area contributed by atoms with Gasteiger partial charge in [-0.15, -0.1) is 0 Å². The Morgan fingerprint density at radius 3 is 2.07 bits per heavy atom. The predicted octanol–water partition coefficient (Wildman–Crippen LogP) is 6.28. The van der Waals surface area contributed by atoms with E-state index in [1.165, 1.54) is 0 Å². The summed E-state index contributed by atoms with van der Waals surface area (Å²) in [6.45, 7) is 0. The highest BCUT2D eigenvalue weighted by Gasteiger charge is 2.09. The summed E-state index contributed by atoms with van der Waals surface area (Å²) in [6.07, 6.45) is 1.73. The van der Waals surface area contributed by atoms with Crippen LogP contribution in [0, 0.1) is 11.3 Å². The van der Waals surface area contributed by atoms with Crippen molar-refractivity contribution in [3.63, 3.8) is 0 Å². The van der Waals surface area contributed by atoms with Gasteiger partial charge in [0.15, 0.2) is 0 Å². The molecule has 0 amide bonds. The van der Waals surface area contributed by atoms with E-state index in [9.17, 15) is 10.1 Å². The number of ether oxygens (including phenoxy) is 1. The third-order valence-electron chi connectivity index (χ3n) is 3.74. The van der Waals surface area contributed by atoms with Crippen molar-refractivity contribution in [3.05, 3.63) is 99.5 Å².